The third-order valence-corrected chi connectivity index (χ3v) is 3.00. The van der Waals surface area contributed by atoms with Crippen LogP contribution in [0, 0.1) is 13.8 Å². The zero-order valence-electron chi connectivity index (χ0n) is 11.8. The van der Waals surface area contributed by atoms with Crippen molar-refractivity contribution in [3.05, 3.63) is 57.3 Å². The molecule has 2 aromatic rings. The third-order valence-electron chi connectivity index (χ3n) is 3.00. The molecule has 1 heterocycles. The van der Waals surface area contributed by atoms with Gasteiger partial charge < -0.3 is 14.8 Å². The highest BCUT2D eigenvalue weighted by molar-refractivity contribution is 5.70. The van der Waals surface area contributed by atoms with Gasteiger partial charge in [0.15, 0.2) is 0 Å². The van der Waals surface area contributed by atoms with Crippen molar-refractivity contribution < 1.29 is 14.6 Å². The van der Waals surface area contributed by atoms with Crippen molar-refractivity contribution in [1.29, 1.82) is 0 Å². The van der Waals surface area contributed by atoms with E-state index in [1.807, 2.05) is 31.2 Å². The van der Waals surface area contributed by atoms with Crippen LogP contribution in [0.1, 0.15) is 22.6 Å². The average Bonchev–Trinajstić information content (AvgIpc) is 2.42. The molecule has 0 unspecified atom stereocenters. The topological polar surface area (TPSA) is 92.3 Å². The molecule has 110 valence electrons. The molecule has 0 fully saturated rings. The summed E-state index contributed by atoms with van der Waals surface area (Å²) in [5.41, 5.74) is 1.26. The first-order valence-corrected chi connectivity index (χ1v) is 6.45. The summed E-state index contributed by atoms with van der Waals surface area (Å²) in [6, 6.07) is 7.51. The molecule has 0 radical (unpaired) electrons. The summed E-state index contributed by atoms with van der Waals surface area (Å²) in [6.45, 7) is 3.71. The fourth-order valence-corrected chi connectivity index (χ4v) is 1.88. The van der Waals surface area contributed by atoms with Crippen LogP contribution < -0.4 is 10.3 Å². The Bertz CT molecular complexity index is 705. The number of hydrogen-bond acceptors (Lipinski definition) is 4. The number of H-pyrrole nitrogens is 1. The number of aryl methyl sites for hydroxylation is 2. The van der Waals surface area contributed by atoms with Crippen LogP contribution in [0.15, 0.2) is 29.1 Å². The van der Waals surface area contributed by atoms with Gasteiger partial charge in [-0.3, -0.25) is 9.59 Å². The molecular formula is C15H16N2O4. The van der Waals surface area contributed by atoms with Crippen LogP contribution >= 0.6 is 0 Å². The van der Waals surface area contributed by atoms with Gasteiger partial charge in [0.2, 0.25) is 0 Å². The van der Waals surface area contributed by atoms with Crippen LogP contribution in [0.2, 0.25) is 0 Å². The molecule has 0 saturated carbocycles. The van der Waals surface area contributed by atoms with Crippen LogP contribution in [0.5, 0.6) is 5.75 Å². The van der Waals surface area contributed by atoms with E-state index in [4.69, 9.17) is 9.84 Å². The highest BCUT2D eigenvalue weighted by Gasteiger charge is 2.11. The summed E-state index contributed by atoms with van der Waals surface area (Å²) in [7, 11) is 0. The van der Waals surface area contributed by atoms with E-state index in [2.05, 4.69) is 9.97 Å². The zero-order chi connectivity index (χ0) is 15.4. The molecule has 0 bridgehead atoms. The number of nitrogens with zero attached hydrogens (tertiary/aromatic N) is 1. The Morgan fingerprint density at radius 3 is 2.52 bits per heavy atom. The lowest BCUT2D eigenvalue weighted by Gasteiger charge is -2.08. The van der Waals surface area contributed by atoms with E-state index >= 15 is 0 Å². The minimum atomic E-state index is -1.06. The first-order chi connectivity index (χ1) is 9.95. The lowest BCUT2D eigenvalue weighted by atomic mass is 10.2. The van der Waals surface area contributed by atoms with Crippen LogP contribution in [-0.4, -0.2) is 21.0 Å². The maximum Gasteiger partial charge on any atom is 0.308 e. The van der Waals surface area contributed by atoms with Gasteiger partial charge in [0.1, 0.15) is 18.2 Å². The fourth-order valence-electron chi connectivity index (χ4n) is 1.88. The van der Waals surface area contributed by atoms with E-state index in [0.717, 1.165) is 5.56 Å². The smallest absolute Gasteiger partial charge is 0.308 e. The second kappa shape index (κ2) is 6.21. The largest absolute Gasteiger partial charge is 0.486 e. The van der Waals surface area contributed by atoms with Gasteiger partial charge in [-0.05, 0) is 26.0 Å². The Kier molecular flexibility index (Phi) is 4.37. The molecule has 6 heteroatoms. The monoisotopic (exact) mass is 288 g/mol. The van der Waals surface area contributed by atoms with Gasteiger partial charge in [0, 0.05) is 11.3 Å². The summed E-state index contributed by atoms with van der Waals surface area (Å²) >= 11 is 0. The molecule has 1 aromatic carbocycles. The van der Waals surface area contributed by atoms with Crippen LogP contribution in [-0.2, 0) is 17.8 Å². The fraction of sp³-hybridized carbons (Fsp3) is 0.267. The van der Waals surface area contributed by atoms with Crippen molar-refractivity contribution in [3.63, 3.8) is 0 Å². The second-order valence-corrected chi connectivity index (χ2v) is 4.75. The van der Waals surface area contributed by atoms with E-state index < -0.39 is 11.5 Å². The molecule has 0 amide bonds. The molecule has 0 aliphatic heterocycles. The predicted octanol–water partition coefficient (Wildman–Crippen LogP) is 1.59. The third kappa shape index (κ3) is 3.92. The van der Waals surface area contributed by atoms with Crippen molar-refractivity contribution in [2.24, 2.45) is 0 Å². The Morgan fingerprint density at radius 2 is 1.95 bits per heavy atom. The first kappa shape index (κ1) is 14.8. The summed E-state index contributed by atoms with van der Waals surface area (Å²) in [4.78, 5) is 29.3. The lowest BCUT2D eigenvalue weighted by Crippen LogP contribution is -2.22. The van der Waals surface area contributed by atoms with Crippen molar-refractivity contribution in [1.82, 2.24) is 9.97 Å². The van der Waals surface area contributed by atoms with Gasteiger partial charge >= 0.3 is 5.97 Å². The molecule has 0 saturated heterocycles. The Balaban J connectivity index is 2.12. The van der Waals surface area contributed by atoms with Crippen LogP contribution in [0.4, 0.5) is 0 Å². The number of nitrogens with one attached hydrogen (secondary N) is 1. The second-order valence-electron chi connectivity index (χ2n) is 4.75. The quantitative estimate of drug-likeness (QED) is 0.871. The van der Waals surface area contributed by atoms with Gasteiger partial charge in [-0.2, -0.15) is 0 Å². The number of aromatic nitrogens is 2. The number of carbonyl (C=O) groups is 1. The van der Waals surface area contributed by atoms with Gasteiger partial charge in [-0.25, -0.2) is 4.98 Å². The van der Waals surface area contributed by atoms with E-state index in [9.17, 15) is 9.59 Å². The Hall–Kier alpha value is -2.63. The Morgan fingerprint density at radius 1 is 1.29 bits per heavy atom. The number of carboxylic acids is 1. The van der Waals surface area contributed by atoms with Gasteiger partial charge in [0.05, 0.1) is 6.42 Å². The number of aliphatic carboxylic acids is 1. The molecule has 0 spiro atoms. The van der Waals surface area contributed by atoms with Gasteiger partial charge in [0.25, 0.3) is 5.56 Å². The number of hydrogen-bond donors (Lipinski definition) is 2. The highest BCUT2D eigenvalue weighted by Crippen LogP contribution is 2.12. The molecule has 1 aromatic heterocycles. The zero-order valence-corrected chi connectivity index (χ0v) is 11.8. The van der Waals surface area contributed by atoms with Crippen molar-refractivity contribution in [2.45, 2.75) is 26.9 Å². The summed E-state index contributed by atoms with van der Waals surface area (Å²) < 4.78 is 5.53. The highest BCUT2D eigenvalue weighted by atomic mass is 16.5. The van der Waals surface area contributed by atoms with Crippen molar-refractivity contribution >= 4 is 5.97 Å². The standard InChI is InChI=1S/C15H16N2O4/c1-9-3-5-11(6-4-9)21-8-13-16-10(2)12(7-14(18)19)15(20)17-13/h3-6H,7-8H2,1-2H3,(H,18,19)(H,16,17,20). The van der Waals surface area contributed by atoms with Gasteiger partial charge in [-0.15, -0.1) is 0 Å². The number of carboxylic acid groups (broad SMARTS) is 1. The van der Waals surface area contributed by atoms with Crippen LogP contribution in [0.25, 0.3) is 0 Å². The average molecular weight is 288 g/mol. The maximum atomic E-state index is 11.8. The van der Waals surface area contributed by atoms with Crippen molar-refractivity contribution in [2.75, 3.05) is 0 Å². The van der Waals surface area contributed by atoms with E-state index in [-0.39, 0.29) is 18.6 Å². The molecular weight excluding hydrogens is 272 g/mol. The summed E-state index contributed by atoms with van der Waals surface area (Å²) in [6.07, 6.45) is -0.340. The minimum absolute atomic E-state index is 0.118. The van der Waals surface area contributed by atoms with Crippen molar-refractivity contribution in [3.8, 4) is 5.75 Å². The number of benzene rings is 1. The molecule has 2 N–H and O–H groups in total. The molecule has 21 heavy (non-hydrogen) atoms. The lowest BCUT2D eigenvalue weighted by molar-refractivity contribution is -0.136. The SMILES string of the molecule is Cc1ccc(OCc2nc(C)c(CC(=O)O)c(=O)[nH]2)cc1. The molecule has 0 atom stereocenters. The number of ether oxygens (including phenoxy) is 1. The molecule has 6 nitrogen and oxygen atoms in total. The minimum Gasteiger partial charge on any atom is -0.486 e. The molecule has 0 aliphatic carbocycles. The van der Waals surface area contributed by atoms with Gasteiger partial charge in [-0.1, -0.05) is 17.7 Å². The van der Waals surface area contributed by atoms with Crippen LogP contribution in [0.3, 0.4) is 0 Å². The number of aromatic amines is 1. The normalized spacial score (nSPS) is 10.4. The van der Waals surface area contributed by atoms with E-state index in [1.54, 1.807) is 6.92 Å². The number of rotatable bonds is 5. The predicted molar refractivity (Wildman–Crippen MR) is 76.4 cm³/mol. The summed E-state index contributed by atoms with van der Waals surface area (Å²) in [5, 5.41) is 8.75. The first-order valence-electron chi connectivity index (χ1n) is 6.45. The van der Waals surface area contributed by atoms with E-state index in [1.165, 1.54) is 0 Å². The summed E-state index contributed by atoms with van der Waals surface area (Å²) in [5.74, 6) is -0.0169. The van der Waals surface area contributed by atoms with E-state index in [0.29, 0.717) is 17.3 Å². The Labute approximate surface area is 121 Å². The molecule has 2 rings (SSSR count). The maximum absolute atomic E-state index is 11.8. The molecule has 0 aliphatic rings.